The first-order valence-corrected chi connectivity index (χ1v) is 12.4. The zero-order valence-corrected chi connectivity index (χ0v) is 19.1. The first-order chi connectivity index (χ1) is 16.4. The lowest BCUT2D eigenvalue weighted by Gasteiger charge is -2.17. The molecule has 0 saturated heterocycles. The van der Waals surface area contributed by atoms with Gasteiger partial charge in [-0.1, -0.05) is 30.3 Å². The van der Waals surface area contributed by atoms with Gasteiger partial charge >= 0.3 is 0 Å². The maximum atomic E-state index is 13.2. The molecule has 0 radical (unpaired) electrons. The zero-order chi connectivity index (χ0) is 23.8. The van der Waals surface area contributed by atoms with E-state index in [0.717, 1.165) is 29.5 Å². The summed E-state index contributed by atoms with van der Waals surface area (Å²) in [6.45, 7) is -0.123. The van der Waals surface area contributed by atoms with Crippen LogP contribution < -0.4 is 19.5 Å². The van der Waals surface area contributed by atoms with Crippen molar-refractivity contribution < 1.29 is 29.2 Å². The fourth-order valence-corrected chi connectivity index (χ4v) is 5.10. The topological polar surface area (TPSA) is 114 Å². The molecule has 3 N–H and O–H groups in total. The number of benzene rings is 3. The van der Waals surface area contributed by atoms with Gasteiger partial charge in [-0.2, -0.15) is 0 Å². The monoisotopic (exact) mass is 482 g/mol. The largest absolute Gasteiger partial charge is 0.454 e. The highest BCUT2D eigenvalue weighted by molar-refractivity contribution is 7.89. The van der Waals surface area contributed by atoms with Crippen LogP contribution in [0.25, 0.3) is 11.1 Å². The first kappa shape index (κ1) is 22.4. The predicted octanol–water partition coefficient (Wildman–Crippen LogP) is 3.27. The van der Waals surface area contributed by atoms with Gasteiger partial charge in [-0.15, -0.1) is 0 Å². The first-order valence-electron chi connectivity index (χ1n) is 10.9. The van der Waals surface area contributed by atoms with Crippen molar-refractivity contribution in [1.82, 2.24) is 4.72 Å². The third-order valence-corrected chi connectivity index (χ3v) is 7.61. The smallest absolute Gasteiger partial charge is 0.240 e. The molecule has 0 bridgehead atoms. The third kappa shape index (κ3) is 4.25. The average Bonchev–Trinajstić information content (AvgIpc) is 3.54. The minimum atomic E-state index is -3.67. The standard InChI is InChI=1S/C25H24N2O6S.H2/c28-13-12-26-34(30,31)21-7-4-17(5-8-21)18-2-1-3-20(14-18)27-24(29)25(10-11-25)19-6-9-22-23(15-19)33-16-32-22;/h1-9,14-15,26,28H,10-13,16H2,(H,27,29);1H. The quantitative estimate of drug-likeness (QED) is 0.454. The lowest BCUT2D eigenvalue weighted by molar-refractivity contribution is -0.118. The summed E-state index contributed by atoms with van der Waals surface area (Å²) in [5.74, 6) is 1.28. The minimum Gasteiger partial charge on any atom is -0.454 e. The van der Waals surface area contributed by atoms with Crippen LogP contribution in [-0.2, 0) is 20.2 Å². The molecule has 1 heterocycles. The number of anilines is 1. The van der Waals surface area contributed by atoms with Crippen molar-refractivity contribution in [3.8, 4) is 22.6 Å². The SMILES string of the molecule is O=C(Nc1cccc(-c2ccc(S(=O)(=O)NCCO)cc2)c1)C1(c2ccc3c(c2)OCO3)CC1.[HH]. The van der Waals surface area contributed by atoms with Crippen molar-refractivity contribution in [1.29, 1.82) is 0 Å². The second-order valence-corrected chi connectivity index (χ2v) is 10.1. The summed E-state index contributed by atoms with van der Waals surface area (Å²) in [4.78, 5) is 13.3. The highest BCUT2D eigenvalue weighted by Crippen LogP contribution is 2.51. The molecule has 3 aromatic rings. The highest BCUT2D eigenvalue weighted by Gasteiger charge is 2.51. The van der Waals surface area contributed by atoms with Gasteiger partial charge in [0, 0.05) is 13.7 Å². The van der Waals surface area contributed by atoms with E-state index in [-0.39, 0.29) is 32.2 Å². The van der Waals surface area contributed by atoms with Crippen LogP contribution >= 0.6 is 0 Å². The fourth-order valence-electron chi connectivity index (χ4n) is 4.08. The number of carbonyl (C=O) groups excluding carboxylic acids is 1. The van der Waals surface area contributed by atoms with E-state index >= 15 is 0 Å². The van der Waals surface area contributed by atoms with Crippen molar-refractivity contribution in [3.63, 3.8) is 0 Å². The molecule has 5 rings (SSSR count). The average molecular weight is 483 g/mol. The van der Waals surface area contributed by atoms with E-state index in [2.05, 4.69) is 10.0 Å². The molecule has 1 fully saturated rings. The van der Waals surface area contributed by atoms with Gasteiger partial charge in [0.2, 0.25) is 22.7 Å². The summed E-state index contributed by atoms with van der Waals surface area (Å²) in [5.41, 5.74) is 2.66. The van der Waals surface area contributed by atoms with Crippen LogP contribution in [0.15, 0.2) is 71.6 Å². The molecule has 0 aromatic heterocycles. The molecule has 1 aliphatic heterocycles. The number of carbonyl (C=O) groups is 1. The number of hydrogen-bond acceptors (Lipinski definition) is 6. The number of hydrogen-bond donors (Lipinski definition) is 3. The Kier molecular flexibility index (Phi) is 5.76. The number of fused-ring (bicyclic) bond motifs is 1. The maximum Gasteiger partial charge on any atom is 0.240 e. The number of amides is 1. The summed E-state index contributed by atoms with van der Waals surface area (Å²) < 4.78 is 37.6. The molecule has 1 aliphatic carbocycles. The molecule has 178 valence electrons. The molecule has 0 atom stereocenters. The molecule has 0 spiro atoms. The molecule has 8 nitrogen and oxygen atoms in total. The summed E-state index contributed by atoms with van der Waals surface area (Å²) in [6, 6.07) is 19.5. The summed E-state index contributed by atoms with van der Waals surface area (Å²) in [7, 11) is -3.67. The predicted molar refractivity (Wildman–Crippen MR) is 128 cm³/mol. The summed E-state index contributed by atoms with van der Waals surface area (Å²) in [6.07, 6.45) is 1.52. The molecule has 9 heteroatoms. The van der Waals surface area contributed by atoms with Gasteiger partial charge < -0.3 is 19.9 Å². The molecule has 2 aliphatic rings. The van der Waals surface area contributed by atoms with E-state index < -0.39 is 15.4 Å². The third-order valence-electron chi connectivity index (χ3n) is 6.13. The van der Waals surface area contributed by atoms with E-state index in [9.17, 15) is 13.2 Å². The highest BCUT2D eigenvalue weighted by atomic mass is 32.2. The van der Waals surface area contributed by atoms with Gasteiger partial charge in [0.25, 0.3) is 0 Å². The molecular weight excluding hydrogens is 456 g/mol. The zero-order valence-electron chi connectivity index (χ0n) is 18.3. The lowest BCUT2D eigenvalue weighted by Crippen LogP contribution is -2.27. The van der Waals surface area contributed by atoms with E-state index in [4.69, 9.17) is 14.6 Å². The second kappa shape index (κ2) is 8.75. The van der Waals surface area contributed by atoms with Crippen molar-refractivity contribution >= 4 is 21.6 Å². The molecule has 34 heavy (non-hydrogen) atoms. The van der Waals surface area contributed by atoms with Crippen molar-refractivity contribution in [2.24, 2.45) is 0 Å². The van der Waals surface area contributed by atoms with Gasteiger partial charge in [-0.3, -0.25) is 4.79 Å². The number of nitrogens with one attached hydrogen (secondary N) is 2. The lowest BCUT2D eigenvalue weighted by atomic mass is 9.94. The van der Waals surface area contributed by atoms with Crippen molar-refractivity contribution in [2.45, 2.75) is 23.2 Å². The second-order valence-electron chi connectivity index (χ2n) is 8.33. The van der Waals surface area contributed by atoms with Gasteiger partial charge in [0.15, 0.2) is 11.5 Å². The Hall–Kier alpha value is -3.40. The van der Waals surface area contributed by atoms with Crippen LogP contribution in [0.1, 0.15) is 19.8 Å². The van der Waals surface area contributed by atoms with Crippen molar-refractivity contribution in [3.05, 3.63) is 72.3 Å². The van der Waals surface area contributed by atoms with Gasteiger partial charge in [0.1, 0.15) is 0 Å². The summed E-state index contributed by atoms with van der Waals surface area (Å²) >= 11 is 0. The van der Waals surface area contributed by atoms with Crippen molar-refractivity contribution in [2.75, 3.05) is 25.3 Å². The Labute approximate surface area is 199 Å². The van der Waals surface area contributed by atoms with Crippen LogP contribution in [0, 0.1) is 0 Å². The normalized spacial score (nSPS) is 15.7. The van der Waals surface area contributed by atoms with Crippen LogP contribution in [0.2, 0.25) is 0 Å². The molecule has 1 saturated carbocycles. The van der Waals surface area contributed by atoms with Gasteiger partial charge in [0.05, 0.1) is 16.9 Å². The Bertz CT molecular complexity index is 1340. The van der Waals surface area contributed by atoms with E-state index in [1.54, 1.807) is 12.1 Å². The number of sulfonamides is 1. The maximum absolute atomic E-state index is 13.2. The van der Waals surface area contributed by atoms with E-state index in [1.807, 2.05) is 42.5 Å². The Morgan fingerprint density at radius 2 is 1.74 bits per heavy atom. The fraction of sp³-hybridized carbons (Fsp3) is 0.240. The number of aliphatic hydroxyl groups is 1. The summed E-state index contributed by atoms with van der Waals surface area (Å²) in [5, 5.41) is 11.9. The minimum absolute atomic E-state index is 0. The van der Waals surface area contributed by atoms with Crippen LogP contribution in [0.3, 0.4) is 0 Å². The van der Waals surface area contributed by atoms with Crippen LogP contribution in [0.4, 0.5) is 5.69 Å². The Balaban J connectivity index is 0.00000289. The molecule has 3 aromatic carbocycles. The Morgan fingerprint density at radius 3 is 2.47 bits per heavy atom. The number of rotatable bonds is 8. The molecule has 0 unspecified atom stereocenters. The van der Waals surface area contributed by atoms with Gasteiger partial charge in [-0.05, 0) is 65.9 Å². The van der Waals surface area contributed by atoms with Crippen LogP contribution in [-0.4, -0.2) is 39.4 Å². The number of aliphatic hydroxyl groups excluding tert-OH is 1. The van der Waals surface area contributed by atoms with E-state index in [1.165, 1.54) is 12.1 Å². The van der Waals surface area contributed by atoms with Gasteiger partial charge in [-0.25, -0.2) is 13.1 Å². The van der Waals surface area contributed by atoms with Crippen LogP contribution in [0.5, 0.6) is 11.5 Å². The number of ether oxygens (including phenoxy) is 2. The van der Waals surface area contributed by atoms with E-state index in [0.29, 0.717) is 17.2 Å². The molecule has 1 amide bonds. The Morgan fingerprint density at radius 1 is 0.971 bits per heavy atom. The molecular formula is C25H26N2O6S.